The summed E-state index contributed by atoms with van der Waals surface area (Å²) in [4.78, 5) is 24.7. The maximum absolute atomic E-state index is 13.4. The van der Waals surface area contributed by atoms with Gasteiger partial charge in [-0.3, -0.25) is 9.59 Å². The van der Waals surface area contributed by atoms with Crippen molar-refractivity contribution in [1.82, 2.24) is 9.62 Å². The van der Waals surface area contributed by atoms with Crippen LogP contribution in [0.15, 0.2) is 78.2 Å². The minimum absolute atomic E-state index is 0.146. The van der Waals surface area contributed by atoms with E-state index in [-0.39, 0.29) is 36.7 Å². The standard InChI is InChI=1S/C27H39N3O5S.C3H6.3C2H6.C2H2/c1-20(2)15-16-30(36(34,35)22-13-9-6-10-14-22)19-24(31)23(17-21-11-7-5-8-12-21)29-25(32)18-27(3,4)26(28)33;1-3-2;4*1-2/h5-14,20,23-24,31H,15-19H2,1-4H3,(H2,28,33)(H,29,32);3H,1H2,2H3;3*1-2H3;1-2H/t23-,24+;;;;;/m0...../s1. The summed E-state index contributed by atoms with van der Waals surface area (Å²) < 4.78 is 28.1. The van der Waals surface area contributed by atoms with Gasteiger partial charge in [-0.25, -0.2) is 8.42 Å². The lowest BCUT2D eigenvalue weighted by molar-refractivity contribution is -0.133. The van der Waals surface area contributed by atoms with Crippen molar-refractivity contribution in [3.05, 3.63) is 78.9 Å². The Balaban J connectivity index is -0.000000752. The van der Waals surface area contributed by atoms with Gasteiger partial charge in [-0.15, -0.1) is 19.4 Å². The summed E-state index contributed by atoms with van der Waals surface area (Å²) in [5, 5.41) is 14.1. The average molecular weight is 676 g/mol. The zero-order chi connectivity index (χ0) is 37.6. The quantitative estimate of drug-likeness (QED) is 0.144. The molecule has 0 fully saturated rings. The zero-order valence-electron chi connectivity index (χ0n) is 31.0. The molecule has 0 spiro atoms. The van der Waals surface area contributed by atoms with E-state index >= 15 is 0 Å². The van der Waals surface area contributed by atoms with E-state index in [1.165, 1.54) is 16.4 Å². The maximum atomic E-state index is 13.4. The zero-order valence-corrected chi connectivity index (χ0v) is 31.8. The number of hydrogen-bond donors (Lipinski definition) is 3. The molecule has 2 amide bonds. The summed E-state index contributed by atoms with van der Waals surface area (Å²) in [5.74, 6) is -0.795. The number of benzene rings is 2. The van der Waals surface area contributed by atoms with Crippen molar-refractivity contribution in [2.24, 2.45) is 17.1 Å². The van der Waals surface area contributed by atoms with Crippen LogP contribution < -0.4 is 11.1 Å². The van der Waals surface area contributed by atoms with Gasteiger partial charge < -0.3 is 16.2 Å². The number of terminal acetylenes is 1. The molecule has 0 bridgehead atoms. The van der Waals surface area contributed by atoms with Crippen LogP contribution in [0, 0.1) is 24.2 Å². The van der Waals surface area contributed by atoms with Crippen molar-refractivity contribution in [2.45, 2.75) is 112 Å². The first-order chi connectivity index (χ1) is 22.2. The molecule has 2 aromatic carbocycles. The number of sulfonamides is 1. The summed E-state index contributed by atoms with van der Waals surface area (Å²) in [6.45, 7) is 24.5. The Hall–Kier alpha value is -3.45. The molecule has 0 unspecified atom stereocenters. The summed E-state index contributed by atoms with van der Waals surface area (Å²) in [5.41, 5.74) is 5.23. The molecule has 8 nitrogen and oxygen atoms in total. The van der Waals surface area contributed by atoms with Gasteiger partial charge in [-0.1, -0.05) is 124 Å². The van der Waals surface area contributed by atoms with E-state index in [9.17, 15) is 23.1 Å². The van der Waals surface area contributed by atoms with Gasteiger partial charge in [0.2, 0.25) is 21.8 Å². The molecular weight excluding hydrogens is 611 g/mol. The van der Waals surface area contributed by atoms with Crippen molar-refractivity contribution >= 4 is 21.8 Å². The van der Waals surface area contributed by atoms with Crippen molar-refractivity contribution < 1.29 is 23.1 Å². The summed E-state index contributed by atoms with van der Waals surface area (Å²) in [6.07, 6.45) is 9.30. The van der Waals surface area contributed by atoms with Crippen LogP contribution >= 0.6 is 0 Å². The minimum Gasteiger partial charge on any atom is -0.390 e. The first kappa shape index (κ1) is 50.4. The third kappa shape index (κ3) is 21.9. The predicted octanol–water partition coefficient (Wildman–Crippen LogP) is 7.23. The van der Waals surface area contributed by atoms with Crippen LogP contribution in [0.2, 0.25) is 0 Å². The largest absolute Gasteiger partial charge is 0.390 e. The number of carbonyl (C=O) groups is 2. The lowest BCUT2D eigenvalue weighted by Crippen LogP contribution is -2.51. The van der Waals surface area contributed by atoms with E-state index in [4.69, 9.17) is 5.73 Å². The number of rotatable bonds is 14. The second kappa shape index (κ2) is 29.9. The van der Waals surface area contributed by atoms with Crippen LogP contribution in [-0.4, -0.2) is 54.9 Å². The first-order valence-electron chi connectivity index (χ1n) is 16.5. The number of amides is 2. The van der Waals surface area contributed by atoms with Crippen LogP contribution in [0.3, 0.4) is 0 Å². The Morgan fingerprint density at radius 2 is 1.38 bits per heavy atom. The van der Waals surface area contributed by atoms with E-state index in [0.29, 0.717) is 6.42 Å². The average Bonchev–Trinajstić information content (AvgIpc) is 3.07. The monoisotopic (exact) mass is 675 g/mol. The number of aliphatic hydroxyl groups excluding tert-OH is 1. The van der Waals surface area contributed by atoms with Gasteiger partial charge in [0.25, 0.3) is 0 Å². The Morgan fingerprint density at radius 1 is 0.957 bits per heavy atom. The van der Waals surface area contributed by atoms with Crippen LogP contribution in [0.4, 0.5) is 0 Å². The first-order valence-corrected chi connectivity index (χ1v) is 18.0. The highest BCUT2D eigenvalue weighted by Crippen LogP contribution is 2.21. The molecule has 268 valence electrons. The van der Waals surface area contributed by atoms with Gasteiger partial charge in [0.1, 0.15) is 0 Å². The number of nitrogens with two attached hydrogens (primary N) is 1. The Labute approximate surface area is 288 Å². The van der Waals surface area contributed by atoms with Gasteiger partial charge in [-0.05, 0) is 43.4 Å². The van der Waals surface area contributed by atoms with E-state index in [2.05, 4.69) is 24.7 Å². The molecule has 0 saturated carbocycles. The highest BCUT2D eigenvalue weighted by molar-refractivity contribution is 7.89. The predicted molar refractivity (Wildman–Crippen MR) is 200 cm³/mol. The van der Waals surface area contributed by atoms with Gasteiger partial charge >= 0.3 is 0 Å². The summed E-state index contributed by atoms with van der Waals surface area (Å²) in [6, 6.07) is 16.6. The van der Waals surface area contributed by atoms with E-state index < -0.39 is 39.4 Å². The fourth-order valence-electron chi connectivity index (χ4n) is 3.69. The molecule has 0 aromatic heterocycles. The normalized spacial score (nSPS) is 11.4. The molecule has 0 aliphatic carbocycles. The number of allylic oxidation sites excluding steroid dienone is 1. The molecule has 47 heavy (non-hydrogen) atoms. The highest BCUT2D eigenvalue weighted by atomic mass is 32.2. The van der Waals surface area contributed by atoms with Crippen molar-refractivity contribution in [3.63, 3.8) is 0 Å². The SMILES string of the molecule is C#C.C=CC.CC.CC.CC.CC(C)CCN(C[C@@H](O)[C@H](Cc1ccccc1)NC(=O)CC(C)(C)C(N)=O)S(=O)(=O)c1ccccc1. The third-order valence-corrected chi connectivity index (χ3v) is 7.99. The minimum atomic E-state index is -3.87. The van der Waals surface area contributed by atoms with Crippen LogP contribution in [0.5, 0.6) is 0 Å². The van der Waals surface area contributed by atoms with Crippen molar-refractivity contribution in [2.75, 3.05) is 13.1 Å². The fraction of sp³-hybridized carbons (Fsp3) is 0.526. The number of aliphatic hydroxyl groups is 1. The van der Waals surface area contributed by atoms with E-state index in [1.54, 1.807) is 38.1 Å². The molecule has 0 radical (unpaired) electrons. The Morgan fingerprint density at radius 3 is 1.79 bits per heavy atom. The number of carbonyl (C=O) groups excluding carboxylic acids is 2. The Bertz CT molecular complexity index is 1180. The van der Waals surface area contributed by atoms with Gasteiger partial charge in [0.15, 0.2) is 0 Å². The highest BCUT2D eigenvalue weighted by Gasteiger charge is 2.33. The van der Waals surface area contributed by atoms with E-state index in [1.807, 2.05) is 92.6 Å². The fourth-order valence-corrected chi connectivity index (χ4v) is 5.18. The van der Waals surface area contributed by atoms with Gasteiger partial charge in [0, 0.05) is 19.5 Å². The molecule has 2 aromatic rings. The topological polar surface area (TPSA) is 130 Å². The van der Waals surface area contributed by atoms with Gasteiger partial charge in [-0.2, -0.15) is 4.31 Å². The lowest BCUT2D eigenvalue weighted by atomic mass is 9.88. The molecule has 0 saturated heterocycles. The van der Waals surface area contributed by atoms with Crippen molar-refractivity contribution in [3.8, 4) is 12.8 Å². The van der Waals surface area contributed by atoms with Gasteiger partial charge in [0.05, 0.1) is 22.5 Å². The number of hydrogen-bond acceptors (Lipinski definition) is 5. The molecule has 0 aliphatic rings. The maximum Gasteiger partial charge on any atom is 0.243 e. The Kier molecular flexibility index (Phi) is 32.1. The van der Waals surface area contributed by atoms with Crippen molar-refractivity contribution in [1.29, 1.82) is 0 Å². The number of primary amides is 1. The summed E-state index contributed by atoms with van der Waals surface area (Å²) >= 11 is 0. The third-order valence-electron chi connectivity index (χ3n) is 6.11. The number of nitrogens with zero attached hydrogens (tertiary/aromatic N) is 1. The molecule has 4 N–H and O–H groups in total. The molecule has 2 atom stereocenters. The van der Waals surface area contributed by atoms with Crippen LogP contribution in [0.25, 0.3) is 0 Å². The molecule has 2 rings (SSSR count). The van der Waals surface area contributed by atoms with Crippen LogP contribution in [-0.2, 0) is 26.0 Å². The molecule has 0 heterocycles. The lowest BCUT2D eigenvalue weighted by Gasteiger charge is -2.31. The van der Waals surface area contributed by atoms with E-state index in [0.717, 1.165) is 5.56 Å². The second-order valence-electron chi connectivity index (χ2n) is 10.6. The summed E-state index contributed by atoms with van der Waals surface area (Å²) in [7, 11) is -3.87. The molecule has 9 heteroatoms. The molecular formula is C38H65N3O5S. The number of nitrogens with one attached hydrogen (secondary N) is 1. The second-order valence-corrected chi connectivity index (χ2v) is 12.6. The smallest absolute Gasteiger partial charge is 0.243 e. The molecule has 0 aliphatic heterocycles. The van der Waals surface area contributed by atoms with Crippen LogP contribution in [0.1, 0.15) is 94.6 Å².